The van der Waals surface area contributed by atoms with Gasteiger partial charge in [0.15, 0.2) is 0 Å². The molecular formula is C14H20N2O3. The van der Waals surface area contributed by atoms with Crippen LogP contribution >= 0.6 is 0 Å². The van der Waals surface area contributed by atoms with Gasteiger partial charge in [-0.2, -0.15) is 0 Å². The van der Waals surface area contributed by atoms with Crippen LogP contribution in [0.1, 0.15) is 30.1 Å². The fourth-order valence-electron chi connectivity index (χ4n) is 2.22. The van der Waals surface area contributed by atoms with Crippen LogP contribution in [0, 0.1) is 5.92 Å². The summed E-state index contributed by atoms with van der Waals surface area (Å²) >= 11 is 0. The second-order valence-corrected chi connectivity index (χ2v) is 5.00. The van der Waals surface area contributed by atoms with Crippen molar-refractivity contribution in [3.8, 4) is 5.75 Å². The molecule has 0 bridgehead atoms. The molecule has 1 unspecified atom stereocenters. The third-order valence-corrected chi connectivity index (χ3v) is 3.56. The molecule has 1 aromatic heterocycles. The van der Waals surface area contributed by atoms with Gasteiger partial charge in [0.2, 0.25) is 0 Å². The van der Waals surface area contributed by atoms with Crippen LogP contribution in [0.25, 0.3) is 0 Å². The van der Waals surface area contributed by atoms with Gasteiger partial charge >= 0.3 is 0 Å². The summed E-state index contributed by atoms with van der Waals surface area (Å²) in [5.74, 6) is 0.502. The van der Waals surface area contributed by atoms with Gasteiger partial charge in [-0.25, -0.2) is 0 Å². The molecule has 1 heterocycles. The van der Waals surface area contributed by atoms with Gasteiger partial charge in [0.05, 0.1) is 18.4 Å². The van der Waals surface area contributed by atoms with Crippen molar-refractivity contribution in [1.82, 2.24) is 9.88 Å². The number of ether oxygens (including phenoxy) is 1. The van der Waals surface area contributed by atoms with Crippen LogP contribution in [0.4, 0.5) is 0 Å². The number of carbonyl (C=O) groups is 1. The summed E-state index contributed by atoms with van der Waals surface area (Å²) in [6, 6.07) is 1.65. The maximum atomic E-state index is 12.5. The van der Waals surface area contributed by atoms with E-state index in [1.165, 1.54) is 31.3 Å². The van der Waals surface area contributed by atoms with Gasteiger partial charge in [-0.3, -0.25) is 9.78 Å². The summed E-state index contributed by atoms with van der Waals surface area (Å²) in [6.07, 6.45) is 5.16. The average molecular weight is 264 g/mol. The van der Waals surface area contributed by atoms with E-state index in [9.17, 15) is 9.90 Å². The summed E-state index contributed by atoms with van der Waals surface area (Å²) in [4.78, 5) is 18.2. The SMILES string of the molecule is COCCN(C(=O)c1cncc(O)c1)C(C)C1CC1. The highest BCUT2D eigenvalue weighted by molar-refractivity contribution is 5.94. The molecule has 0 aliphatic heterocycles. The Morgan fingerprint density at radius 1 is 1.58 bits per heavy atom. The average Bonchev–Trinajstić information content (AvgIpc) is 3.23. The van der Waals surface area contributed by atoms with E-state index in [0.29, 0.717) is 24.6 Å². The summed E-state index contributed by atoms with van der Waals surface area (Å²) in [5, 5.41) is 9.42. The minimum atomic E-state index is -0.0974. The van der Waals surface area contributed by atoms with Crippen LogP contribution in [0.15, 0.2) is 18.5 Å². The smallest absolute Gasteiger partial charge is 0.255 e. The van der Waals surface area contributed by atoms with Gasteiger partial charge in [0, 0.05) is 25.9 Å². The Bertz CT molecular complexity index is 446. The number of methoxy groups -OCH3 is 1. The predicted octanol–water partition coefficient (Wildman–Crippen LogP) is 1.67. The number of carbonyl (C=O) groups excluding carboxylic acids is 1. The van der Waals surface area contributed by atoms with Crippen molar-refractivity contribution in [3.05, 3.63) is 24.0 Å². The molecule has 0 aromatic carbocycles. The van der Waals surface area contributed by atoms with Gasteiger partial charge < -0.3 is 14.7 Å². The number of hydrogen-bond acceptors (Lipinski definition) is 4. The quantitative estimate of drug-likeness (QED) is 0.849. The molecule has 1 fully saturated rings. The monoisotopic (exact) mass is 264 g/mol. The van der Waals surface area contributed by atoms with E-state index in [4.69, 9.17) is 4.74 Å². The van der Waals surface area contributed by atoms with Gasteiger partial charge in [-0.1, -0.05) is 0 Å². The molecule has 1 aromatic rings. The van der Waals surface area contributed by atoms with Crippen molar-refractivity contribution in [2.45, 2.75) is 25.8 Å². The van der Waals surface area contributed by atoms with E-state index in [-0.39, 0.29) is 17.7 Å². The van der Waals surface area contributed by atoms with E-state index in [2.05, 4.69) is 11.9 Å². The van der Waals surface area contributed by atoms with Gasteiger partial charge in [-0.15, -0.1) is 0 Å². The lowest BCUT2D eigenvalue weighted by atomic mass is 10.1. The van der Waals surface area contributed by atoms with E-state index in [1.807, 2.05) is 4.90 Å². The van der Waals surface area contributed by atoms with Crippen LogP contribution < -0.4 is 0 Å². The van der Waals surface area contributed by atoms with Crippen molar-refractivity contribution < 1.29 is 14.6 Å². The maximum Gasteiger partial charge on any atom is 0.255 e. The molecule has 1 aliphatic rings. The molecule has 19 heavy (non-hydrogen) atoms. The zero-order valence-electron chi connectivity index (χ0n) is 11.4. The molecular weight excluding hydrogens is 244 g/mol. The molecule has 2 rings (SSSR count). The van der Waals surface area contributed by atoms with Crippen LogP contribution in [-0.2, 0) is 4.74 Å². The summed E-state index contributed by atoms with van der Waals surface area (Å²) in [5.41, 5.74) is 0.420. The van der Waals surface area contributed by atoms with Crippen molar-refractivity contribution in [3.63, 3.8) is 0 Å². The normalized spacial score (nSPS) is 16.1. The Morgan fingerprint density at radius 2 is 2.32 bits per heavy atom. The Morgan fingerprint density at radius 3 is 2.89 bits per heavy atom. The lowest BCUT2D eigenvalue weighted by Gasteiger charge is -2.29. The van der Waals surface area contributed by atoms with Crippen LogP contribution in [-0.4, -0.2) is 47.2 Å². The first kappa shape index (κ1) is 13.8. The van der Waals surface area contributed by atoms with Gasteiger partial charge in [0.25, 0.3) is 5.91 Å². The first-order valence-electron chi connectivity index (χ1n) is 6.57. The summed E-state index contributed by atoms with van der Waals surface area (Å²) in [7, 11) is 1.63. The zero-order chi connectivity index (χ0) is 13.8. The zero-order valence-corrected chi connectivity index (χ0v) is 11.4. The highest BCUT2D eigenvalue weighted by Gasteiger charge is 2.34. The molecule has 104 valence electrons. The Kier molecular flexibility index (Phi) is 4.37. The minimum absolute atomic E-state index is 0.0108. The third-order valence-electron chi connectivity index (χ3n) is 3.56. The number of amides is 1. The predicted molar refractivity (Wildman–Crippen MR) is 71.0 cm³/mol. The summed E-state index contributed by atoms with van der Waals surface area (Å²) in [6.45, 7) is 3.14. The number of aromatic nitrogens is 1. The van der Waals surface area contributed by atoms with Crippen molar-refractivity contribution in [2.24, 2.45) is 5.92 Å². The molecule has 0 saturated heterocycles. The van der Waals surface area contributed by atoms with E-state index < -0.39 is 0 Å². The molecule has 0 spiro atoms. The largest absolute Gasteiger partial charge is 0.506 e. The molecule has 1 saturated carbocycles. The molecule has 1 atom stereocenters. The highest BCUT2D eigenvalue weighted by Crippen LogP contribution is 2.35. The second kappa shape index (κ2) is 6.02. The number of rotatable bonds is 6. The topological polar surface area (TPSA) is 62.7 Å². The molecule has 1 amide bonds. The molecule has 1 N–H and O–H groups in total. The molecule has 0 radical (unpaired) electrons. The second-order valence-electron chi connectivity index (χ2n) is 5.00. The number of aromatic hydroxyl groups is 1. The standard InChI is InChI=1S/C14H20N2O3/c1-10(11-3-4-11)16(5-6-19-2)14(18)12-7-13(17)9-15-8-12/h7-11,17H,3-6H2,1-2H3. The molecule has 5 heteroatoms. The Balaban J connectivity index is 2.14. The fraction of sp³-hybridized carbons (Fsp3) is 0.571. The fourth-order valence-corrected chi connectivity index (χ4v) is 2.22. The maximum absolute atomic E-state index is 12.5. The van der Waals surface area contributed by atoms with Gasteiger partial charge in [-0.05, 0) is 31.7 Å². The van der Waals surface area contributed by atoms with E-state index in [0.717, 1.165) is 0 Å². The minimum Gasteiger partial charge on any atom is -0.506 e. The van der Waals surface area contributed by atoms with E-state index >= 15 is 0 Å². The third kappa shape index (κ3) is 3.44. The highest BCUT2D eigenvalue weighted by atomic mass is 16.5. The lowest BCUT2D eigenvalue weighted by molar-refractivity contribution is 0.0594. The van der Waals surface area contributed by atoms with Gasteiger partial charge in [0.1, 0.15) is 5.75 Å². The summed E-state index contributed by atoms with van der Waals surface area (Å²) < 4.78 is 5.07. The molecule has 5 nitrogen and oxygen atoms in total. The number of nitrogens with zero attached hydrogens (tertiary/aromatic N) is 2. The van der Waals surface area contributed by atoms with Crippen LogP contribution in [0.5, 0.6) is 5.75 Å². The Labute approximate surface area is 113 Å². The first-order chi connectivity index (χ1) is 9.13. The molecule has 1 aliphatic carbocycles. The lowest BCUT2D eigenvalue weighted by Crippen LogP contribution is -2.42. The number of hydrogen-bond donors (Lipinski definition) is 1. The van der Waals surface area contributed by atoms with Crippen LogP contribution in [0.3, 0.4) is 0 Å². The first-order valence-corrected chi connectivity index (χ1v) is 6.57. The Hall–Kier alpha value is -1.62. The van der Waals surface area contributed by atoms with Crippen LogP contribution in [0.2, 0.25) is 0 Å². The number of pyridine rings is 1. The van der Waals surface area contributed by atoms with Crippen molar-refractivity contribution in [2.75, 3.05) is 20.3 Å². The van der Waals surface area contributed by atoms with E-state index in [1.54, 1.807) is 7.11 Å². The van der Waals surface area contributed by atoms with Crippen molar-refractivity contribution in [1.29, 1.82) is 0 Å². The van der Waals surface area contributed by atoms with Crippen molar-refractivity contribution >= 4 is 5.91 Å².